The van der Waals surface area contributed by atoms with Crippen molar-refractivity contribution in [1.29, 1.82) is 0 Å². The molecule has 1 nitrogen and oxygen atoms in total. The Kier molecular flexibility index (Phi) is 4.79. The summed E-state index contributed by atoms with van der Waals surface area (Å²) in [4.78, 5) is 0. The van der Waals surface area contributed by atoms with Gasteiger partial charge in [-0.3, -0.25) is 0 Å². The minimum Gasteiger partial charge on any atom is -0.310 e. The highest BCUT2D eigenvalue weighted by Crippen LogP contribution is 2.20. The summed E-state index contributed by atoms with van der Waals surface area (Å²) in [5, 5.41) is 3.23. The predicted octanol–water partition coefficient (Wildman–Crippen LogP) is 4.00. The van der Waals surface area contributed by atoms with Crippen molar-refractivity contribution in [2.24, 2.45) is 0 Å². The Bertz CT molecular complexity index is 566. The fourth-order valence-electron chi connectivity index (χ4n) is 2.14. The van der Waals surface area contributed by atoms with Gasteiger partial charge in [0.2, 0.25) is 0 Å². The van der Waals surface area contributed by atoms with Crippen LogP contribution in [-0.4, -0.2) is 6.54 Å². The zero-order valence-corrected chi connectivity index (χ0v) is 11.2. The highest BCUT2D eigenvalue weighted by atomic mass is 19.2. The Morgan fingerprint density at radius 2 is 1.65 bits per heavy atom. The van der Waals surface area contributed by atoms with Crippen LogP contribution < -0.4 is 5.32 Å². The van der Waals surface area contributed by atoms with Crippen LogP contribution in [0.3, 0.4) is 0 Å². The number of benzene rings is 2. The van der Waals surface area contributed by atoms with Gasteiger partial charge in [0, 0.05) is 6.04 Å². The van der Waals surface area contributed by atoms with E-state index in [2.05, 4.69) is 5.32 Å². The molecule has 0 amide bonds. The summed E-state index contributed by atoms with van der Waals surface area (Å²) in [5.41, 5.74) is 1.61. The van der Waals surface area contributed by atoms with Crippen LogP contribution in [0.15, 0.2) is 42.5 Å². The summed E-state index contributed by atoms with van der Waals surface area (Å²) in [6.45, 7) is 2.64. The Labute approximate surface area is 116 Å². The van der Waals surface area contributed by atoms with Gasteiger partial charge in [0.1, 0.15) is 5.82 Å². The van der Waals surface area contributed by atoms with E-state index in [1.807, 2.05) is 6.92 Å². The summed E-state index contributed by atoms with van der Waals surface area (Å²) in [6, 6.07) is 9.92. The van der Waals surface area contributed by atoms with Crippen molar-refractivity contribution in [3.05, 3.63) is 71.0 Å². The van der Waals surface area contributed by atoms with Crippen LogP contribution in [0.4, 0.5) is 13.2 Å². The second-order valence-corrected chi connectivity index (χ2v) is 4.61. The van der Waals surface area contributed by atoms with Crippen LogP contribution in [0, 0.1) is 17.5 Å². The third kappa shape index (κ3) is 3.61. The molecule has 0 radical (unpaired) electrons. The SMILES string of the molecule is CCNC(Cc1ccc(F)cc1)c1ccc(F)c(F)c1. The summed E-state index contributed by atoms with van der Waals surface area (Å²) in [7, 11) is 0. The molecule has 0 fully saturated rings. The van der Waals surface area contributed by atoms with E-state index in [9.17, 15) is 13.2 Å². The van der Waals surface area contributed by atoms with Crippen molar-refractivity contribution in [1.82, 2.24) is 5.32 Å². The van der Waals surface area contributed by atoms with Crippen molar-refractivity contribution in [3.63, 3.8) is 0 Å². The molecule has 0 aliphatic carbocycles. The highest BCUT2D eigenvalue weighted by Gasteiger charge is 2.13. The smallest absolute Gasteiger partial charge is 0.159 e. The minimum atomic E-state index is -0.857. The van der Waals surface area contributed by atoms with Crippen molar-refractivity contribution < 1.29 is 13.2 Å². The fourth-order valence-corrected chi connectivity index (χ4v) is 2.14. The van der Waals surface area contributed by atoms with Crippen molar-refractivity contribution in [3.8, 4) is 0 Å². The Balaban J connectivity index is 2.21. The molecule has 0 aliphatic rings. The standard InChI is InChI=1S/C16H16F3N/c1-2-20-16(9-11-3-6-13(17)7-4-11)12-5-8-14(18)15(19)10-12/h3-8,10,16,20H,2,9H2,1H3. The zero-order chi connectivity index (χ0) is 14.5. The second kappa shape index (κ2) is 6.57. The van der Waals surface area contributed by atoms with E-state index in [1.54, 1.807) is 18.2 Å². The van der Waals surface area contributed by atoms with Crippen molar-refractivity contribution in [2.75, 3.05) is 6.54 Å². The lowest BCUT2D eigenvalue weighted by Crippen LogP contribution is -2.23. The summed E-state index contributed by atoms with van der Waals surface area (Å²) in [5.74, 6) is -2.00. The molecule has 2 rings (SSSR count). The molecular formula is C16H16F3N. The fraction of sp³-hybridized carbons (Fsp3) is 0.250. The van der Waals surface area contributed by atoms with E-state index < -0.39 is 11.6 Å². The van der Waals surface area contributed by atoms with Gasteiger partial charge in [0.05, 0.1) is 0 Å². The molecule has 0 aromatic heterocycles. The van der Waals surface area contributed by atoms with Crippen LogP contribution in [0.2, 0.25) is 0 Å². The van der Waals surface area contributed by atoms with Crippen LogP contribution >= 0.6 is 0 Å². The maximum absolute atomic E-state index is 13.3. The van der Waals surface area contributed by atoms with Gasteiger partial charge in [0.15, 0.2) is 11.6 Å². The van der Waals surface area contributed by atoms with Crippen LogP contribution in [0.25, 0.3) is 0 Å². The number of halogens is 3. The molecule has 1 unspecified atom stereocenters. The van der Waals surface area contributed by atoms with E-state index in [4.69, 9.17) is 0 Å². The normalized spacial score (nSPS) is 12.4. The highest BCUT2D eigenvalue weighted by molar-refractivity contribution is 5.25. The average Bonchev–Trinajstić information content (AvgIpc) is 2.44. The largest absolute Gasteiger partial charge is 0.310 e. The molecule has 2 aromatic rings. The third-order valence-corrected chi connectivity index (χ3v) is 3.15. The van der Waals surface area contributed by atoms with Gasteiger partial charge in [-0.25, -0.2) is 13.2 Å². The Morgan fingerprint density at radius 3 is 2.25 bits per heavy atom. The van der Waals surface area contributed by atoms with Crippen molar-refractivity contribution >= 4 is 0 Å². The monoisotopic (exact) mass is 279 g/mol. The summed E-state index contributed by atoms with van der Waals surface area (Å²) in [6.07, 6.45) is 0.583. The van der Waals surface area contributed by atoms with E-state index in [0.717, 1.165) is 11.6 Å². The van der Waals surface area contributed by atoms with E-state index in [0.29, 0.717) is 18.5 Å². The molecule has 0 saturated heterocycles. The average molecular weight is 279 g/mol. The first-order valence-electron chi connectivity index (χ1n) is 6.53. The number of rotatable bonds is 5. The molecule has 0 saturated carbocycles. The molecule has 1 N–H and O–H groups in total. The molecular weight excluding hydrogens is 263 g/mol. The van der Waals surface area contributed by atoms with E-state index in [-0.39, 0.29) is 11.9 Å². The van der Waals surface area contributed by atoms with Gasteiger partial charge in [-0.05, 0) is 48.4 Å². The number of hydrogen-bond acceptors (Lipinski definition) is 1. The molecule has 106 valence electrons. The van der Waals surface area contributed by atoms with Gasteiger partial charge in [0.25, 0.3) is 0 Å². The lowest BCUT2D eigenvalue weighted by Gasteiger charge is -2.18. The maximum atomic E-state index is 13.3. The Hall–Kier alpha value is -1.81. The molecule has 1 atom stereocenters. The molecule has 20 heavy (non-hydrogen) atoms. The second-order valence-electron chi connectivity index (χ2n) is 4.61. The Morgan fingerprint density at radius 1 is 0.950 bits per heavy atom. The first-order valence-corrected chi connectivity index (χ1v) is 6.53. The molecule has 0 bridgehead atoms. The predicted molar refractivity (Wildman–Crippen MR) is 72.9 cm³/mol. The lowest BCUT2D eigenvalue weighted by molar-refractivity contribution is 0.497. The molecule has 0 spiro atoms. The van der Waals surface area contributed by atoms with E-state index >= 15 is 0 Å². The zero-order valence-electron chi connectivity index (χ0n) is 11.2. The van der Waals surface area contributed by atoms with Crippen LogP contribution in [-0.2, 0) is 6.42 Å². The number of hydrogen-bond donors (Lipinski definition) is 1. The third-order valence-electron chi connectivity index (χ3n) is 3.15. The van der Waals surface area contributed by atoms with Gasteiger partial charge in [-0.1, -0.05) is 25.1 Å². The topological polar surface area (TPSA) is 12.0 Å². The minimum absolute atomic E-state index is 0.138. The molecule has 0 aliphatic heterocycles. The molecule has 0 heterocycles. The molecule has 4 heteroatoms. The van der Waals surface area contributed by atoms with Crippen molar-refractivity contribution in [2.45, 2.75) is 19.4 Å². The number of likely N-dealkylation sites (N-methyl/N-ethyl adjacent to an activating group) is 1. The summed E-state index contributed by atoms with van der Waals surface area (Å²) >= 11 is 0. The maximum Gasteiger partial charge on any atom is 0.159 e. The quantitative estimate of drug-likeness (QED) is 0.872. The number of nitrogens with one attached hydrogen (secondary N) is 1. The molecule has 2 aromatic carbocycles. The first-order chi connectivity index (χ1) is 9.60. The van der Waals surface area contributed by atoms with Crippen LogP contribution in [0.5, 0.6) is 0 Å². The first kappa shape index (κ1) is 14.6. The summed E-state index contributed by atoms with van der Waals surface area (Å²) < 4.78 is 39.2. The van der Waals surface area contributed by atoms with Gasteiger partial charge >= 0.3 is 0 Å². The van der Waals surface area contributed by atoms with Crippen LogP contribution in [0.1, 0.15) is 24.1 Å². The van der Waals surface area contributed by atoms with Gasteiger partial charge in [-0.2, -0.15) is 0 Å². The van der Waals surface area contributed by atoms with Gasteiger partial charge in [-0.15, -0.1) is 0 Å². The van der Waals surface area contributed by atoms with E-state index in [1.165, 1.54) is 18.2 Å². The lowest BCUT2D eigenvalue weighted by atomic mass is 9.98. The van der Waals surface area contributed by atoms with Gasteiger partial charge < -0.3 is 5.32 Å².